The highest BCUT2D eigenvalue weighted by Crippen LogP contribution is 2.44. The smallest absolute Gasteiger partial charge is 0.352 e. The van der Waals surface area contributed by atoms with Gasteiger partial charge in [0.1, 0.15) is 11.4 Å². The normalized spacial score (nSPS) is 17.6. The number of nitrogens with one attached hydrogen (secondary N) is 1. The second-order valence-corrected chi connectivity index (χ2v) is 6.55. The molecule has 0 bridgehead atoms. The topological polar surface area (TPSA) is 67.2 Å². The standard InChI is InChI=1S/C18H21F2N3O2/c1-23-11-10-21-15(23)12-14(13-6-3-2-4-7-13)22-16(24)18(19,20)17(25)8-5-9-17/h2-4,6-7,10-11,14,25H,5,8-9,12H2,1H3,(H,22,24)/t14-/m0/s1. The average Bonchev–Trinajstić information content (AvgIpc) is 2.97. The van der Waals surface area contributed by atoms with Crippen molar-refractivity contribution in [3.8, 4) is 0 Å². The van der Waals surface area contributed by atoms with Crippen LogP contribution < -0.4 is 5.32 Å². The lowest BCUT2D eigenvalue weighted by molar-refractivity contribution is -0.216. The van der Waals surface area contributed by atoms with E-state index in [4.69, 9.17) is 0 Å². The minimum Gasteiger partial charge on any atom is -0.383 e. The number of benzene rings is 1. The Morgan fingerprint density at radius 3 is 2.60 bits per heavy atom. The van der Waals surface area contributed by atoms with Crippen LogP contribution in [-0.4, -0.2) is 32.1 Å². The van der Waals surface area contributed by atoms with Gasteiger partial charge in [-0.2, -0.15) is 8.78 Å². The number of aliphatic hydroxyl groups is 1. The molecule has 1 aliphatic rings. The lowest BCUT2D eigenvalue weighted by Gasteiger charge is -2.41. The number of nitrogens with zero attached hydrogens (tertiary/aromatic N) is 2. The quantitative estimate of drug-likeness (QED) is 0.841. The van der Waals surface area contributed by atoms with Crippen LogP contribution in [0.3, 0.4) is 0 Å². The van der Waals surface area contributed by atoms with Crippen LogP contribution in [0.4, 0.5) is 8.78 Å². The van der Waals surface area contributed by atoms with Crippen molar-refractivity contribution >= 4 is 5.91 Å². The number of amides is 1. The van der Waals surface area contributed by atoms with E-state index in [1.165, 1.54) is 0 Å². The highest BCUT2D eigenvalue weighted by Gasteiger charge is 2.61. The van der Waals surface area contributed by atoms with Gasteiger partial charge in [-0.15, -0.1) is 0 Å². The number of hydrogen-bond donors (Lipinski definition) is 2. The Morgan fingerprint density at radius 1 is 1.40 bits per heavy atom. The maximum atomic E-state index is 14.4. The Bertz CT molecular complexity index is 742. The average molecular weight is 349 g/mol. The highest BCUT2D eigenvalue weighted by molar-refractivity contribution is 5.85. The largest absolute Gasteiger partial charge is 0.383 e. The maximum Gasteiger partial charge on any atom is 0.352 e. The molecule has 0 spiro atoms. The van der Waals surface area contributed by atoms with Gasteiger partial charge in [-0.3, -0.25) is 4.79 Å². The molecule has 134 valence electrons. The van der Waals surface area contributed by atoms with Gasteiger partial charge in [0.05, 0.1) is 6.04 Å². The van der Waals surface area contributed by atoms with Gasteiger partial charge in [0.25, 0.3) is 5.91 Å². The maximum absolute atomic E-state index is 14.4. The molecule has 0 aliphatic heterocycles. The van der Waals surface area contributed by atoms with Crippen molar-refractivity contribution < 1.29 is 18.7 Å². The van der Waals surface area contributed by atoms with Gasteiger partial charge in [0.15, 0.2) is 0 Å². The van der Waals surface area contributed by atoms with E-state index in [1.807, 2.05) is 6.07 Å². The number of carbonyl (C=O) groups is 1. The number of aryl methyl sites for hydroxylation is 1. The van der Waals surface area contributed by atoms with Crippen LogP contribution in [0.25, 0.3) is 0 Å². The summed E-state index contributed by atoms with van der Waals surface area (Å²) < 4.78 is 30.6. The van der Waals surface area contributed by atoms with E-state index >= 15 is 0 Å². The van der Waals surface area contributed by atoms with E-state index in [0.29, 0.717) is 17.8 Å². The Morgan fingerprint density at radius 2 is 2.08 bits per heavy atom. The molecule has 0 unspecified atom stereocenters. The Balaban J connectivity index is 1.82. The summed E-state index contributed by atoms with van der Waals surface area (Å²) in [5, 5.41) is 12.4. The van der Waals surface area contributed by atoms with Crippen molar-refractivity contribution in [2.75, 3.05) is 0 Å². The van der Waals surface area contributed by atoms with E-state index in [0.717, 1.165) is 0 Å². The number of imidazole rings is 1. The molecule has 1 aromatic heterocycles. The van der Waals surface area contributed by atoms with Gasteiger partial charge in [-0.25, -0.2) is 4.98 Å². The summed E-state index contributed by atoms with van der Waals surface area (Å²) in [5.74, 6) is -4.60. The lowest BCUT2D eigenvalue weighted by atomic mass is 9.75. The highest BCUT2D eigenvalue weighted by atomic mass is 19.3. The SMILES string of the molecule is Cn1ccnc1C[C@H](NC(=O)C(F)(F)C1(O)CCC1)c1ccccc1. The van der Waals surface area contributed by atoms with Crippen LogP contribution >= 0.6 is 0 Å². The molecule has 1 saturated carbocycles. The van der Waals surface area contributed by atoms with Gasteiger partial charge in [-0.05, 0) is 24.8 Å². The molecule has 2 aromatic rings. The first kappa shape index (κ1) is 17.5. The number of carbonyl (C=O) groups excluding carboxylic acids is 1. The molecule has 7 heteroatoms. The Labute approximate surface area is 144 Å². The minimum absolute atomic E-state index is 0.0667. The summed E-state index contributed by atoms with van der Waals surface area (Å²) in [5.41, 5.74) is -1.53. The van der Waals surface area contributed by atoms with E-state index in [-0.39, 0.29) is 19.3 Å². The molecule has 1 heterocycles. The third kappa shape index (κ3) is 3.28. The molecular weight excluding hydrogens is 328 g/mol. The van der Waals surface area contributed by atoms with Gasteiger partial charge >= 0.3 is 5.92 Å². The molecule has 25 heavy (non-hydrogen) atoms. The third-order valence-electron chi connectivity index (χ3n) is 4.87. The first-order chi connectivity index (χ1) is 11.8. The molecule has 3 rings (SSSR count). The molecule has 0 radical (unpaired) electrons. The van der Waals surface area contributed by atoms with Crippen LogP contribution in [-0.2, 0) is 18.3 Å². The summed E-state index contributed by atoms with van der Waals surface area (Å²) in [6.07, 6.45) is 4.00. The molecule has 1 aliphatic carbocycles. The monoisotopic (exact) mass is 349 g/mol. The number of rotatable bonds is 6. The number of halogens is 2. The second kappa shape index (κ2) is 6.55. The fourth-order valence-electron chi connectivity index (χ4n) is 3.00. The van der Waals surface area contributed by atoms with Crippen LogP contribution in [0.2, 0.25) is 0 Å². The van der Waals surface area contributed by atoms with E-state index in [1.54, 1.807) is 48.3 Å². The number of alkyl halides is 2. The zero-order valence-electron chi connectivity index (χ0n) is 14.0. The molecule has 0 saturated heterocycles. The summed E-state index contributed by atoms with van der Waals surface area (Å²) in [6.45, 7) is 0. The number of aromatic nitrogens is 2. The number of hydrogen-bond acceptors (Lipinski definition) is 3. The lowest BCUT2D eigenvalue weighted by Crippen LogP contribution is -2.61. The molecule has 1 amide bonds. The van der Waals surface area contributed by atoms with Crippen molar-refractivity contribution in [1.29, 1.82) is 0 Å². The molecule has 5 nitrogen and oxygen atoms in total. The first-order valence-corrected chi connectivity index (χ1v) is 8.26. The summed E-state index contributed by atoms with van der Waals surface area (Å²) in [7, 11) is 1.80. The Kier molecular flexibility index (Phi) is 4.60. The Hall–Kier alpha value is -2.28. The van der Waals surface area contributed by atoms with Gasteiger partial charge in [0, 0.05) is 25.9 Å². The van der Waals surface area contributed by atoms with Crippen molar-refractivity contribution in [2.45, 2.75) is 43.2 Å². The molecule has 1 atom stereocenters. The van der Waals surface area contributed by atoms with Crippen LogP contribution in [0.5, 0.6) is 0 Å². The second-order valence-electron chi connectivity index (χ2n) is 6.55. The van der Waals surface area contributed by atoms with Crippen molar-refractivity contribution in [1.82, 2.24) is 14.9 Å². The predicted octanol–water partition coefficient (Wildman–Crippen LogP) is 2.37. The molecule has 1 fully saturated rings. The van der Waals surface area contributed by atoms with Gasteiger partial charge in [0.2, 0.25) is 0 Å². The first-order valence-electron chi connectivity index (χ1n) is 8.26. The summed E-state index contributed by atoms with van der Waals surface area (Å²) in [4.78, 5) is 16.5. The van der Waals surface area contributed by atoms with Crippen molar-refractivity contribution in [2.24, 2.45) is 7.05 Å². The van der Waals surface area contributed by atoms with E-state index < -0.39 is 23.5 Å². The fourth-order valence-corrected chi connectivity index (χ4v) is 3.00. The third-order valence-corrected chi connectivity index (χ3v) is 4.87. The zero-order chi connectivity index (χ0) is 18.1. The summed E-state index contributed by atoms with van der Waals surface area (Å²) in [6, 6.07) is 8.25. The fraction of sp³-hybridized carbons (Fsp3) is 0.444. The van der Waals surface area contributed by atoms with Gasteiger partial charge in [-0.1, -0.05) is 30.3 Å². The van der Waals surface area contributed by atoms with Crippen LogP contribution in [0.15, 0.2) is 42.7 Å². The predicted molar refractivity (Wildman–Crippen MR) is 88.0 cm³/mol. The zero-order valence-corrected chi connectivity index (χ0v) is 14.0. The van der Waals surface area contributed by atoms with Crippen LogP contribution in [0.1, 0.15) is 36.7 Å². The van der Waals surface area contributed by atoms with Crippen molar-refractivity contribution in [3.05, 3.63) is 54.1 Å². The molecule has 2 N–H and O–H groups in total. The van der Waals surface area contributed by atoms with E-state index in [9.17, 15) is 18.7 Å². The minimum atomic E-state index is -3.82. The summed E-state index contributed by atoms with van der Waals surface area (Å²) >= 11 is 0. The molecular formula is C18H21F2N3O2. The molecule has 1 aromatic carbocycles. The van der Waals surface area contributed by atoms with E-state index in [2.05, 4.69) is 10.3 Å². The van der Waals surface area contributed by atoms with Crippen molar-refractivity contribution in [3.63, 3.8) is 0 Å². The van der Waals surface area contributed by atoms with Gasteiger partial charge < -0.3 is 15.0 Å². The van der Waals surface area contributed by atoms with Crippen LogP contribution in [0, 0.1) is 0 Å².